The third-order valence-corrected chi connectivity index (χ3v) is 6.09. The Hall–Kier alpha value is -2.83. The number of amides is 2. The summed E-state index contributed by atoms with van der Waals surface area (Å²) in [4.78, 5) is 26.2. The van der Waals surface area contributed by atoms with Crippen LogP contribution >= 0.6 is 0 Å². The van der Waals surface area contributed by atoms with Crippen LogP contribution in [0.5, 0.6) is 0 Å². The van der Waals surface area contributed by atoms with Crippen molar-refractivity contribution in [3.63, 3.8) is 0 Å². The Bertz CT molecular complexity index is 870. The SMILES string of the molecule is CCCC(CCCNC(C)=O)N(C(=O)c1ccc(C(C)C(F)(F)F)cc1)C1CC1.c1ccccc1. The summed E-state index contributed by atoms with van der Waals surface area (Å²) in [6.07, 6.45) is 0.991. The Labute approximate surface area is 206 Å². The van der Waals surface area contributed by atoms with Crippen molar-refractivity contribution >= 4 is 11.8 Å². The molecular formula is C28H37F3N2O2. The molecule has 192 valence electrons. The minimum atomic E-state index is -4.30. The van der Waals surface area contributed by atoms with E-state index in [1.165, 1.54) is 31.2 Å². The molecule has 4 nitrogen and oxygen atoms in total. The molecule has 2 atom stereocenters. The van der Waals surface area contributed by atoms with Crippen molar-refractivity contribution in [1.82, 2.24) is 10.2 Å². The van der Waals surface area contributed by atoms with Gasteiger partial charge in [0, 0.05) is 31.1 Å². The summed E-state index contributed by atoms with van der Waals surface area (Å²) in [5.41, 5.74) is 0.588. The molecule has 0 bridgehead atoms. The average Bonchev–Trinajstić information content (AvgIpc) is 3.67. The van der Waals surface area contributed by atoms with Crippen LogP contribution in [-0.4, -0.2) is 41.5 Å². The standard InChI is InChI=1S/C22H31F3N2O2.C6H6/c1-4-6-19(7-5-14-26-16(3)28)27(20-12-13-20)21(29)18-10-8-17(9-11-18)15(2)22(23,24)25;1-2-4-6-5-3-1/h8-11,15,19-20H,4-7,12-14H2,1-3H3,(H,26,28);1-6H. The minimum Gasteiger partial charge on any atom is -0.356 e. The highest BCUT2D eigenvalue weighted by atomic mass is 19.4. The molecule has 0 saturated heterocycles. The van der Waals surface area contributed by atoms with E-state index < -0.39 is 12.1 Å². The summed E-state index contributed by atoms with van der Waals surface area (Å²) in [6, 6.07) is 18.1. The van der Waals surface area contributed by atoms with E-state index in [0.29, 0.717) is 12.1 Å². The van der Waals surface area contributed by atoms with Crippen LogP contribution < -0.4 is 5.32 Å². The molecule has 2 aromatic rings. The lowest BCUT2D eigenvalue weighted by atomic mass is 9.98. The Morgan fingerprint density at radius 2 is 1.54 bits per heavy atom. The largest absolute Gasteiger partial charge is 0.395 e. The van der Waals surface area contributed by atoms with Crippen LogP contribution in [0, 0.1) is 0 Å². The van der Waals surface area contributed by atoms with Gasteiger partial charge in [-0.25, -0.2) is 0 Å². The molecule has 3 rings (SSSR count). The van der Waals surface area contributed by atoms with Crippen molar-refractivity contribution in [2.45, 2.75) is 83.5 Å². The number of benzene rings is 2. The van der Waals surface area contributed by atoms with Crippen LogP contribution in [-0.2, 0) is 4.79 Å². The molecule has 2 amide bonds. The Balaban J connectivity index is 0.000000625. The number of nitrogens with zero attached hydrogens (tertiary/aromatic N) is 1. The van der Waals surface area contributed by atoms with Crippen LogP contribution in [0.25, 0.3) is 0 Å². The maximum absolute atomic E-state index is 13.2. The third-order valence-electron chi connectivity index (χ3n) is 6.09. The number of carbonyl (C=O) groups is 2. The van der Waals surface area contributed by atoms with Gasteiger partial charge >= 0.3 is 6.18 Å². The van der Waals surface area contributed by atoms with Gasteiger partial charge in [-0.05, 0) is 56.7 Å². The molecule has 0 aliphatic heterocycles. The van der Waals surface area contributed by atoms with E-state index in [2.05, 4.69) is 12.2 Å². The monoisotopic (exact) mass is 490 g/mol. The Morgan fingerprint density at radius 1 is 1.00 bits per heavy atom. The molecule has 1 aliphatic rings. The molecular weight excluding hydrogens is 453 g/mol. The molecule has 0 radical (unpaired) electrons. The van der Waals surface area contributed by atoms with E-state index in [4.69, 9.17) is 0 Å². The van der Waals surface area contributed by atoms with Gasteiger partial charge in [0.25, 0.3) is 5.91 Å². The predicted molar refractivity (Wildman–Crippen MR) is 133 cm³/mol. The van der Waals surface area contributed by atoms with Gasteiger partial charge in [-0.1, -0.05) is 61.9 Å². The zero-order valence-electron chi connectivity index (χ0n) is 20.9. The van der Waals surface area contributed by atoms with Gasteiger partial charge in [-0.3, -0.25) is 9.59 Å². The molecule has 0 spiro atoms. The predicted octanol–water partition coefficient (Wildman–Crippen LogP) is 6.73. The number of hydrogen-bond donors (Lipinski definition) is 1. The lowest BCUT2D eigenvalue weighted by molar-refractivity contribution is -0.146. The first kappa shape index (κ1) is 28.4. The van der Waals surface area contributed by atoms with Crippen molar-refractivity contribution in [3.8, 4) is 0 Å². The third kappa shape index (κ3) is 9.74. The Morgan fingerprint density at radius 3 is 1.97 bits per heavy atom. The van der Waals surface area contributed by atoms with Crippen molar-refractivity contribution in [2.75, 3.05) is 6.54 Å². The molecule has 0 aromatic heterocycles. The molecule has 2 aromatic carbocycles. The second-order valence-corrected chi connectivity index (χ2v) is 9.05. The van der Waals surface area contributed by atoms with Gasteiger partial charge in [-0.2, -0.15) is 13.2 Å². The van der Waals surface area contributed by atoms with Crippen LogP contribution in [0.2, 0.25) is 0 Å². The van der Waals surface area contributed by atoms with Crippen LogP contribution in [0.3, 0.4) is 0 Å². The molecule has 1 saturated carbocycles. The molecule has 1 N–H and O–H groups in total. The highest BCUT2D eigenvalue weighted by Crippen LogP contribution is 2.35. The molecule has 0 heterocycles. The Kier molecular flexibility index (Phi) is 11.3. The van der Waals surface area contributed by atoms with Crippen LogP contribution in [0.4, 0.5) is 13.2 Å². The van der Waals surface area contributed by atoms with Gasteiger partial charge in [0.15, 0.2) is 0 Å². The summed E-state index contributed by atoms with van der Waals surface area (Å²) in [7, 11) is 0. The molecule has 35 heavy (non-hydrogen) atoms. The molecule has 1 aliphatic carbocycles. The maximum atomic E-state index is 13.2. The quantitative estimate of drug-likeness (QED) is 0.376. The summed E-state index contributed by atoms with van der Waals surface area (Å²) < 4.78 is 38.8. The summed E-state index contributed by atoms with van der Waals surface area (Å²) in [6.45, 7) is 5.25. The number of rotatable bonds is 10. The fraction of sp³-hybridized carbons (Fsp3) is 0.500. The lowest BCUT2D eigenvalue weighted by Gasteiger charge is -2.32. The van der Waals surface area contributed by atoms with E-state index >= 15 is 0 Å². The minimum absolute atomic E-state index is 0.0691. The normalized spacial score (nSPS) is 14.8. The van der Waals surface area contributed by atoms with Crippen molar-refractivity contribution in [2.24, 2.45) is 0 Å². The van der Waals surface area contributed by atoms with Crippen molar-refractivity contribution in [3.05, 3.63) is 71.8 Å². The van der Waals surface area contributed by atoms with E-state index in [1.54, 1.807) is 0 Å². The van der Waals surface area contributed by atoms with Gasteiger partial charge in [0.1, 0.15) is 0 Å². The molecule has 7 heteroatoms. The molecule has 2 unspecified atom stereocenters. The highest BCUT2D eigenvalue weighted by molar-refractivity contribution is 5.95. The first-order valence-corrected chi connectivity index (χ1v) is 12.4. The smallest absolute Gasteiger partial charge is 0.356 e. The fourth-order valence-corrected chi connectivity index (χ4v) is 3.98. The zero-order valence-corrected chi connectivity index (χ0v) is 20.9. The van der Waals surface area contributed by atoms with Crippen molar-refractivity contribution < 1.29 is 22.8 Å². The first-order chi connectivity index (χ1) is 16.6. The van der Waals surface area contributed by atoms with E-state index in [-0.39, 0.29) is 29.5 Å². The first-order valence-electron chi connectivity index (χ1n) is 12.4. The maximum Gasteiger partial charge on any atom is 0.395 e. The number of alkyl halides is 3. The second kappa shape index (κ2) is 13.9. The fourth-order valence-electron chi connectivity index (χ4n) is 3.98. The number of halogens is 3. The highest BCUT2D eigenvalue weighted by Gasteiger charge is 2.38. The van der Waals surface area contributed by atoms with Gasteiger partial charge < -0.3 is 10.2 Å². The summed E-state index contributed by atoms with van der Waals surface area (Å²) >= 11 is 0. The van der Waals surface area contributed by atoms with Crippen molar-refractivity contribution in [1.29, 1.82) is 0 Å². The topological polar surface area (TPSA) is 49.4 Å². The second-order valence-electron chi connectivity index (χ2n) is 9.05. The van der Waals surface area contributed by atoms with Crippen LogP contribution in [0.15, 0.2) is 60.7 Å². The van der Waals surface area contributed by atoms with Crippen LogP contribution in [0.1, 0.15) is 81.1 Å². The summed E-state index contributed by atoms with van der Waals surface area (Å²) in [5, 5.41) is 2.78. The van der Waals surface area contributed by atoms with E-state index in [1.807, 2.05) is 41.3 Å². The number of nitrogens with one attached hydrogen (secondary N) is 1. The zero-order chi connectivity index (χ0) is 25.8. The van der Waals surface area contributed by atoms with Gasteiger partial charge in [-0.15, -0.1) is 0 Å². The average molecular weight is 491 g/mol. The number of carbonyl (C=O) groups excluding carboxylic acids is 2. The van der Waals surface area contributed by atoms with E-state index in [9.17, 15) is 22.8 Å². The molecule has 1 fully saturated rings. The van der Waals surface area contributed by atoms with Gasteiger partial charge in [0.05, 0.1) is 5.92 Å². The van der Waals surface area contributed by atoms with E-state index in [0.717, 1.165) is 45.4 Å². The summed E-state index contributed by atoms with van der Waals surface area (Å²) in [5.74, 6) is -1.75. The number of hydrogen-bond acceptors (Lipinski definition) is 2. The lowest BCUT2D eigenvalue weighted by Crippen LogP contribution is -2.42. The van der Waals surface area contributed by atoms with Gasteiger partial charge in [0.2, 0.25) is 5.91 Å².